The van der Waals surface area contributed by atoms with Crippen LogP contribution in [0.4, 0.5) is 4.39 Å². The Morgan fingerprint density at radius 2 is 2.19 bits per heavy atom. The van der Waals surface area contributed by atoms with Crippen molar-refractivity contribution >= 4 is 16.6 Å². The molecule has 0 radical (unpaired) electrons. The van der Waals surface area contributed by atoms with Crippen LogP contribution < -0.4 is 19.5 Å². The van der Waals surface area contributed by atoms with Gasteiger partial charge in [-0.3, -0.25) is 0 Å². The van der Waals surface area contributed by atoms with Crippen LogP contribution in [0.5, 0.6) is 17.2 Å². The second kappa shape index (κ2) is 8.47. The Hall–Kier alpha value is -3.26. The van der Waals surface area contributed by atoms with Crippen LogP contribution in [0.1, 0.15) is 17.5 Å². The molecule has 3 heterocycles. The topological polar surface area (TPSA) is 77.1 Å². The van der Waals surface area contributed by atoms with Gasteiger partial charge < -0.3 is 29.3 Å². The van der Waals surface area contributed by atoms with Crippen LogP contribution in [-0.4, -0.2) is 43.8 Å². The maximum Gasteiger partial charge on any atom is 0.231 e. The van der Waals surface area contributed by atoms with Gasteiger partial charge in [0.1, 0.15) is 11.9 Å². The normalized spacial score (nSPS) is 17.1. The lowest BCUT2D eigenvalue weighted by atomic mass is 10.0. The predicted octanol–water partition coefficient (Wildman–Crippen LogP) is 3.56. The lowest BCUT2D eigenvalue weighted by molar-refractivity contribution is 0.0858. The van der Waals surface area contributed by atoms with E-state index < -0.39 is 0 Å². The number of hydrogen-bond donors (Lipinski definition) is 2. The Morgan fingerprint density at radius 1 is 1.26 bits per heavy atom. The summed E-state index contributed by atoms with van der Waals surface area (Å²) in [6.45, 7) is 1.64. The molecule has 0 saturated carbocycles. The Labute approximate surface area is 179 Å². The lowest BCUT2D eigenvalue weighted by Gasteiger charge is -2.11. The zero-order valence-corrected chi connectivity index (χ0v) is 17.2. The number of hydrogen-bond acceptors (Lipinski definition) is 6. The second-order valence-electron chi connectivity index (χ2n) is 7.76. The summed E-state index contributed by atoms with van der Waals surface area (Å²) in [4.78, 5) is 8.81. The van der Waals surface area contributed by atoms with Crippen LogP contribution in [0.2, 0.25) is 0 Å². The molecule has 8 heteroatoms. The first-order valence-corrected chi connectivity index (χ1v) is 10.3. The molecule has 162 valence electrons. The smallest absolute Gasteiger partial charge is 0.231 e. The van der Waals surface area contributed by atoms with E-state index in [0.29, 0.717) is 30.2 Å². The summed E-state index contributed by atoms with van der Waals surface area (Å²) in [5, 5.41) is 8.58. The number of rotatable bonds is 8. The van der Waals surface area contributed by atoms with Gasteiger partial charge in [-0.2, -0.15) is 0 Å². The van der Waals surface area contributed by atoms with E-state index in [0.717, 1.165) is 47.1 Å². The predicted molar refractivity (Wildman–Crippen MR) is 115 cm³/mol. The molecule has 5 rings (SSSR count). The Bertz CT molecular complexity index is 1130. The standard InChI is InChI=1S/C23H24FN3O4/c1-28-21-7-14(8-22-23(21)30-13-29-22)6-18-10-17(27-31-18)12-25-5-4-15-11-26-20-3-2-16(24)9-19(15)20/h2-3,7-9,11,18,25-26H,4-6,10,12-13H2,1H3. The van der Waals surface area contributed by atoms with E-state index in [1.54, 1.807) is 19.2 Å². The second-order valence-corrected chi connectivity index (χ2v) is 7.76. The Balaban J connectivity index is 1.10. The number of nitrogens with zero attached hydrogens (tertiary/aromatic N) is 1. The van der Waals surface area contributed by atoms with Gasteiger partial charge in [0, 0.05) is 36.5 Å². The first-order chi connectivity index (χ1) is 15.2. The summed E-state index contributed by atoms with van der Waals surface area (Å²) in [7, 11) is 1.62. The molecule has 3 aromatic rings. The van der Waals surface area contributed by atoms with Crippen molar-refractivity contribution in [3.63, 3.8) is 0 Å². The van der Waals surface area contributed by atoms with E-state index in [4.69, 9.17) is 19.0 Å². The highest BCUT2D eigenvalue weighted by atomic mass is 19.1. The largest absolute Gasteiger partial charge is 0.493 e. The number of oxime groups is 1. The van der Waals surface area contributed by atoms with Gasteiger partial charge in [-0.1, -0.05) is 5.16 Å². The highest BCUT2D eigenvalue weighted by Gasteiger charge is 2.25. The van der Waals surface area contributed by atoms with Crippen LogP contribution in [0.3, 0.4) is 0 Å². The van der Waals surface area contributed by atoms with Crippen molar-refractivity contribution < 1.29 is 23.4 Å². The average Bonchev–Trinajstić information content (AvgIpc) is 3.51. The summed E-state index contributed by atoms with van der Waals surface area (Å²) >= 11 is 0. The molecule has 0 amide bonds. The van der Waals surface area contributed by atoms with Crippen LogP contribution in [0.15, 0.2) is 41.7 Å². The number of H-pyrrole nitrogens is 1. The van der Waals surface area contributed by atoms with Gasteiger partial charge in [0.25, 0.3) is 0 Å². The molecular formula is C23H24FN3O4. The highest BCUT2D eigenvalue weighted by molar-refractivity contribution is 5.87. The zero-order chi connectivity index (χ0) is 21.2. The van der Waals surface area contributed by atoms with Crippen molar-refractivity contribution in [1.82, 2.24) is 10.3 Å². The fourth-order valence-electron chi connectivity index (χ4n) is 4.08. The molecular weight excluding hydrogens is 401 g/mol. The fourth-order valence-corrected chi connectivity index (χ4v) is 4.08. The molecule has 2 aliphatic rings. The van der Waals surface area contributed by atoms with Gasteiger partial charge in [0.2, 0.25) is 12.5 Å². The summed E-state index contributed by atoms with van der Waals surface area (Å²) in [5.74, 6) is 1.80. The summed E-state index contributed by atoms with van der Waals surface area (Å²) in [5.41, 5.74) is 4.10. The third kappa shape index (κ3) is 4.16. The molecule has 1 aromatic heterocycles. The maximum absolute atomic E-state index is 13.5. The molecule has 0 saturated heterocycles. The van der Waals surface area contributed by atoms with Crippen molar-refractivity contribution in [2.75, 3.05) is 27.0 Å². The molecule has 0 bridgehead atoms. The molecule has 2 N–H and O–H groups in total. The first-order valence-electron chi connectivity index (χ1n) is 10.3. The molecule has 7 nitrogen and oxygen atoms in total. The highest BCUT2D eigenvalue weighted by Crippen LogP contribution is 2.42. The maximum atomic E-state index is 13.5. The van der Waals surface area contributed by atoms with Gasteiger partial charge in [0.05, 0.1) is 12.8 Å². The molecule has 0 fully saturated rings. The van der Waals surface area contributed by atoms with Crippen LogP contribution in [-0.2, 0) is 17.7 Å². The van der Waals surface area contributed by atoms with Gasteiger partial charge in [-0.05, 0) is 54.4 Å². The van der Waals surface area contributed by atoms with Crippen molar-refractivity contribution in [1.29, 1.82) is 0 Å². The van der Waals surface area contributed by atoms with Crippen LogP contribution in [0, 0.1) is 5.82 Å². The molecule has 0 aliphatic carbocycles. The average molecular weight is 425 g/mol. The minimum Gasteiger partial charge on any atom is -0.493 e. The molecule has 2 aromatic carbocycles. The van der Waals surface area contributed by atoms with Crippen LogP contribution in [0.25, 0.3) is 10.9 Å². The van der Waals surface area contributed by atoms with Crippen molar-refractivity contribution in [2.45, 2.75) is 25.4 Å². The number of ether oxygens (including phenoxy) is 3. The van der Waals surface area contributed by atoms with E-state index >= 15 is 0 Å². The third-order valence-corrected chi connectivity index (χ3v) is 5.61. The van der Waals surface area contributed by atoms with Gasteiger partial charge >= 0.3 is 0 Å². The number of fused-ring (bicyclic) bond motifs is 2. The van der Waals surface area contributed by atoms with E-state index in [-0.39, 0.29) is 18.7 Å². The quantitative estimate of drug-likeness (QED) is 0.540. The fraction of sp³-hybridized carbons (Fsp3) is 0.348. The Kier molecular flexibility index (Phi) is 5.38. The summed E-state index contributed by atoms with van der Waals surface area (Å²) in [6, 6.07) is 8.73. The SMILES string of the molecule is COc1cc(CC2CC(CNCCc3c[nH]c4ccc(F)cc34)=NO2)cc2c1OCO2. The molecule has 1 unspecified atom stereocenters. The van der Waals surface area contributed by atoms with Crippen molar-refractivity contribution in [3.05, 3.63) is 53.5 Å². The molecule has 2 aliphatic heterocycles. The number of aromatic nitrogens is 1. The number of aromatic amines is 1. The van der Waals surface area contributed by atoms with Crippen molar-refractivity contribution in [3.8, 4) is 17.2 Å². The van der Waals surface area contributed by atoms with Gasteiger partial charge in [-0.15, -0.1) is 0 Å². The van der Waals surface area contributed by atoms with E-state index in [1.807, 2.05) is 18.3 Å². The summed E-state index contributed by atoms with van der Waals surface area (Å²) in [6.07, 6.45) is 4.21. The third-order valence-electron chi connectivity index (χ3n) is 5.61. The summed E-state index contributed by atoms with van der Waals surface area (Å²) < 4.78 is 29.8. The monoisotopic (exact) mass is 425 g/mol. The number of methoxy groups -OCH3 is 1. The van der Waals surface area contributed by atoms with Crippen LogP contribution >= 0.6 is 0 Å². The van der Waals surface area contributed by atoms with E-state index in [2.05, 4.69) is 15.5 Å². The first kappa shape index (κ1) is 19.7. The molecule has 0 spiro atoms. The van der Waals surface area contributed by atoms with E-state index in [1.165, 1.54) is 6.07 Å². The molecule has 1 atom stereocenters. The minimum atomic E-state index is -0.218. The molecule has 31 heavy (non-hydrogen) atoms. The van der Waals surface area contributed by atoms with Gasteiger partial charge in [0.15, 0.2) is 11.5 Å². The Morgan fingerprint density at radius 3 is 3.10 bits per heavy atom. The number of nitrogens with one attached hydrogen (secondary N) is 2. The van der Waals surface area contributed by atoms with Gasteiger partial charge in [-0.25, -0.2) is 4.39 Å². The lowest BCUT2D eigenvalue weighted by Crippen LogP contribution is -2.25. The van der Waals surface area contributed by atoms with E-state index in [9.17, 15) is 4.39 Å². The minimum absolute atomic E-state index is 0.0153. The number of benzene rings is 2. The van der Waals surface area contributed by atoms with Crippen molar-refractivity contribution in [2.24, 2.45) is 5.16 Å². The zero-order valence-electron chi connectivity index (χ0n) is 17.2. The number of halogens is 1.